The van der Waals surface area contributed by atoms with Gasteiger partial charge in [0.05, 0.1) is 11.1 Å². The normalized spacial score (nSPS) is 18.1. The lowest BCUT2D eigenvalue weighted by Gasteiger charge is -2.27. The fourth-order valence-corrected chi connectivity index (χ4v) is 5.25. The maximum absolute atomic E-state index is 13.0. The number of carbonyl (C=O) groups excluding carboxylic acids is 4. The third-order valence-electron chi connectivity index (χ3n) is 5.63. The lowest BCUT2D eigenvalue weighted by molar-refractivity contribution is -0.136. The summed E-state index contributed by atoms with van der Waals surface area (Å²) < 4.78 is 58.6. The molecule has 1 fully saturated rings. The second-order valence-electron chi connectivity index (χ2n) is 7.79. The van der Waals surface area contributed by atoms with E-state index in [4.69, 9.17) is 0 Å². The Morgan fingerprint density at radius 1 is 1.11 bits per heavy atom. The highest BCUT2D eigenvalue weighted by Crippen LogP contribution is 2.33. The minimum Gasteiger partial charge on any atom is -0.433 e. The molecule has 0 aliphatic carbocycles. The first-order valence-corrected chi connectivity index (χ1v) is 12.0. The van der Waals surface area contributed by atoms with Crippen LogP contribution < -0.4 is 14.8 Å². The van der Waals surface area contributed by atoms with E-state index in [1.807, 2.05) is 0 Å². The summed E-state index contributed by atoms with van der Waals surface area (Å²) in [5.74, 6) is -3.36. The molecule has 2 aromatic rings. The number of alkyl halides is 2. The standard InChI is InChI=1S/C22H19F2N3O7S/c1-2-11-4-3-5-16(18(11)34-22(23)24)35(32,33)26-12-6-7-13-14(10-12)21(31)27(20(13)30)15-8-9-17(28)25-19(15)29/h3-7,10,15,22,26H,2,8-9H2,1H3,(H,25,28,29). The van der Waals surface area contributed by atoms with Gasteiger partial charge >= 0.3 is 6.61 Å². The summed E-state index contributed by atoms with van der Waals surface area (Å²) in [6, 6.07) is 6.34. The molecule has 35 heavy (non-hydrogen) atoms. The number of carbonyl (C=O) groups is 4. The predicted molar refractivity (Wildman–Crippen MR) is 116 cm³/mol. The maximum atomic E-state index is 13.0. The van der Waals surface area contributed by atoms with Crippen molar-refractivity contribution in [3.63, 3.8) is 0 Å². The van der Waals surface area contributed by atoms with Gasteiger partial charge in [0, 0.05) is 12.1 Å². The first-order chi connectivity index (χ1) is 16.5. The molecule has 13 heteroatoms. The Hall–Kier alpha value is -3.87. The molecule has 10 nitrogen and oxygen atoms in total. The number of sulfonamides is 1. The molecule has 2 aromatic carbocycles. The molecule has 4 rings (SSSR count). The summed E-state index contributed by atoms with van der Waals surface area (Å²) in [4.78, 5) is 49.5. The highest BCUT2D eigenvalue weighted by atomic mass is 32.2. The zero-order valence-electron chi connectivity index (χ0n) is 18.2. The van der Waals surface area contributed by atoms with Crippen LogP contribution in [0.5, 0.6) is 5.75 Å². The largest absolute Gasteiger partial charge is 0.433 e. The summed E-state index contributed by atoms with van der Waals surface area (Å²) >= 11 is 0. The van der Waals surface area contributed by atoms with Gasteiger partial charge in [-0.15, -0.1) is 0 Å². The fraction of sp³-hybridized carbons (Fsp3) is 0.273. The Bertz CT molecular complexity index is 1360. The summed E-state index contributed by atoms with van der Waals surface area (Å²) in [6.07, 6.45) is 0.155. The predicted octanol–water partition coefficient (Wildman–Crippen LogP) is 2.05. The third kappa shape index (κ3) is 4.46. The van der Waals surface area contributed by atoms with Gasteiger partial charge in [0.2, 0.25) is 11.8 Å². The topological polar surface area (TPSA) is 139 Å². The van der Waals surface area contributed by atoms with Crippen LogP contribution in [0.3, 0.4) is 0 Å². The number of halogens is 2. The van der Waals surface area contributed by atoms with Gasteiger partial charge in [-0.2, -0.15) is 8.78 Å². The number of imide groups is 2. The van der Waals surface area contributed by atoms with Gasteiger partial charge in [-0.1, -0.05) is 19.1 Å². The maximum Gasteiger partial charge on any atom is 0.387 e. The van der Waals surface area contributed by atoms with Gasteiger partial charge in [0.1, 0.15) is 16.7 Å². The SMILES string of the molecule is CCc1cccc(S(=O)(=O)Nc2ccc3c(c2)C(=O)N(C2CCC(=O)NC2=O)C3=O)c1OC(F)F. The molecule has 0 saturated carbocycles. The number of amides is 4. The molecule has 0 spiro atoms. The van der Waals surface area contributed by atoms with Gasteiger partial charge in [-0.25, -0.2) is 8.42 Å². The summed E-state index contributed by atoms with van der Waals surface area (Å²) in [7, 11) is -4.44. The van der Waals surface area contributed by atoms with Crippen LogP contribution in [0.25, 0.3) is 0 Å². The second kappa shape index (κ2) is 9.06. The van der Waals surface area contributed by atoms with Crippen LogP contribution in [-0.4, -0.2) is 49.6 Å². The van der Waals surface area contributed by atoms with Crippen LogP contribution >= 0.6 is 0 Å². The van der Waals surface area contributed by atoms with Crippen LogP contribution in [-0.2, 0) is 26.0 Å². The second-order valence-corrected chi connectivity index (χ2v) is 9.44. The van der Waals surface area contributed by atoms with E-state index in [1.54, 1.807) is 6.92 Å². The molecule has 1 unspecified atom stereocenters. The molecule has 1 saturated heterocycles. The van der Waals surface area contributed by atoms with Crippen molar-refractivity contribution in [2.75, 3.05) is 4.72 Å². The molecule has 2 aliphatic heterocycles. The van der Waals surface area contributed by atoms with Crippen molar-refractivity contribution in [3.8, 4) is 5.75 Å². The van der Waals surface area contributed by atoms with Crippen LogP contribution in [0.4, 0.5) is 14.5 Å². The molecule has 0 bridgehead atoms. The highest BCUT2D eigenvalue weighted by molar-refractivity contribution is 7.92. The first-order valence-electron chi connectivity index (χ1n) is 10.5. The number of para-hydroxylation sites is 1. The Morgan fingerprint density at radius 2 is 1.83 bits per heavy atom. The van der Waals surface area contributed by atoms with Gasteiger partial charge in [0.25, 0.3) is 21.8 Å². The van der Waals surface area contributed by atoms with E-state index < -0.39 is 57.0 Å². The van der Waals surface area contributed by atoms with E-state index in [-0.39, 0.29) is 41.6 Å². The smallest absolute Gasteiger partial charge is 0.387 e. The van der Waals surface area contributed by atoms with Crippen molar-refractivity contribution < 1.29 is 41.1 Å². The number of benzene rings is 2. The van der Waals surface area contributed by atoms with E-state index in [1.165, 1.54) is 24.3 Å². The van der Waals surface area contributed by atoms with Gasteiger partial charge in [-0.3, -0.25) is 34.1 Å². The number of nitrogens with zero attached hydrogens (tertiary/aromatic N) is 1. The molecule has 184 valence electrons. The van der Waals surface area contributed by atoms with Crippen molar-refractivity contribution in [2.24, 2.45) is 0 Å². The number of piperidine rings is 1. The van der Waals surface area contributed by atoms with Crippen molar-refractivity contribution in [1.29, 1.82) is 0 Å². The molecule has 0 aromatic heterocycles. The Kier molecular flexibility index (Phi) is 6.28. The molecular formula is C22H19F2N3O7S. The summed E-state index contributed by atoms with van der Waals surface area (Å²) in [5.41, 5.74) is -0.0497. The minimum atomic E-state index is -4.44. The van der Waals surface area contributed by atoms with Crippen LogP contribution in [0.1, 0.15) is 46.0 Å². The van der Waals surface area contributed by atoms with E-state index in [9.17, 15) is 36.4 Å². The summed E-state index contributed by atoms with van der Waals surface area (Å²) in [5, 5.41) is 2.08. The number of fused-ring (bicyclic) bond motifs is 1. The van der Waals surface area contributed by atoms with Crippen LogP contribution in [0, 0.1) is 0 Å². The lowest BCUT2D eigenvalue weighted by atomic mass is 10.0. The van der Waals surface area contributed by atoms with Crippen molar-refractivity contribution in [1.82, 2.24) is 10.2 Å². The van der Waals surface area contributed by atoms with Gasteiger partial charge < -0.3 is 4.74 Å². The van der Waals surface area contributed by atoms with E-state index in [2.05, 4.69) is 14.8 Å². The molecule has 1 atom stereocenters. The van der Waals surface area contributed by atoms with E-state index in [0.717, 1.165) is 17.0 Å². The molecule has 2 aliphatic rings. The number of rotatable bonds is 7. The van der Waals surface area contributed by atoms with Crippen molar-refractivity contribution in [3.05, 3.63) is 53.1 Å². The number of aryl methyl sites for hydroxylation is 1. The summed E-state index contributed by atoms with van der Waals surface area (Å²) in [6.45, 7) is -1.60. The van der Waals surface area contributed by atoms with Gasteiger partial charge in [0.15, 0.2) is 0 Å². The molecule has 4 amide bonds. The van der Waals surface area contributed by atoms with Crippen LogP contribution in [0.15, 0.2) is 41.3 Å². The molecule has 2 N–H and O–H groups in total. The van der Waals surface area contributed by atoms with Crippen LogP contribution in [0.2, 0.25) is 0 Å². The Labute approximate surface area is 198 Å². The zero-order chi connectivity index (χ0) is 25.5. The van der Waals surface area contributed by atoms with Gasteiger partial charge in [-0.05, 0) is 42.7 Å². The zero-order valence-corrected chi connectivity index (χ0v) is 19.0. The molecular weight excluding hydrogens is 488 g/mol. The number of anilines is 1. The first kappa shape index (κ1) is 24.3. The number of hydrogen-bond acceptors (Lipinski definition) is 7. The molecule has 0 radical (unpaired) electrons. The number of ether oxygens (including phenoxy) is 1. The Morgan fingerprint density at radius 3 is 2.49 bits per heavy atom. The third-order valence-corrected chi connectivity index (χ3v) is 7.03. The number of hydrogen-bond donors (Lipinski definition) is 2. The van der Waals surface area contributed by atoms with Crippen molar-refractivity contribution >= 4 is 39.3 Å². The Balaban J connectivity index is 1.64. The monoisotopic (exact) mass is 507 g/mol. The average Bonchev–Trinajstić information content (AvgIpc) is 3.03. The highest BCUT2D eigenvalue weighted by Gasteiger charge is 2.44. The fourth-order valence-electron chi connectivity index (χ4n) is 4.02. The van der Waals surface area contributed by atoms with E-state index in [0.29, 0.717) is 0 Å². The number of nitrogens with one attached hydrogen (secondary N) is 2. The lowest BCUT2D eigenvalue weighted by Crippen LogP contribution is -2.54. The minimum absolute atomic E-state index is 0.0314. The van der Waals surface area contributed by atoms with E-state index >= 15 is 0 Å². The molecule has 2 heterocycles. The average molecular weight is 507 g/mol. The van der Waals surface area contributed by atoms with Crippen molar-refractivity contribution in [2.45, 2.75) is 43.7 Å². The quantitative estimate of drug-likeness (QED) is 0.547.